The van der Waals surface area contributed by atoms with Gasteiger partial charge in [-0.3, -0.25) is 0 Å². The molecule has 0 saturated heterocycles. The Balaban J connectivity index is 2.38. The molecule has 4 nitrogen and oxygen atoms in total. The van der Waals surface area contributed by atoms with Gasteiger partial charge in [-0.05, 0) is 30.5 Å². The van der Waals surface area contributed by atoms with E-state index in [1.54, 1.807) is 0 Å². The van der Waals surface area contributed by atoms with Crippen LogP contribution in [0.4, 0.5) is 5.82 Å². The second-order valence-corrected chi connectivity index (χ2v) is 3.56. The van der Waals surface area contributed by atoms with E-state index < -0.39 is 0 Å². The summed E-state index contributed by atoms with van der Waals surface area (Å²) in [4.78, 5) is 4.21. The third-order valence-corrected chi connectivity index (χ3v) is 2.53. The van der Waals surface area contributed by atoms with Crippen molar-refractivity contribution in [3.63, 3.8) is 0 Å². The summed E-state index contributed by atoms with van der Waals surface area (Å²) in [6.07, 6.45) is 0. The molecule has 0 radical (unpaired) electrons. The summed E-state index contributed by atoms with van der Waals surface area (Å²) in [6, 6.07) is 5.71. The van der Waals surface area contributed by atoms with Crippen molar-refractivity contribution in [1.29, 1.82) is 0 Å². The molecular weight excluding hydrogens is 192 g/mol. The van der Waals surface area contributed by atoms with Crippen LogP contribution in [0.3, 0.4) is 0 Å². The minimum Gasteiger partial charge on any atom is -0.454 e. The largest absolute Gasteiger partial charge is 0.454 e. The van der Waals surface area contributed by atoms with Gasteiger partial charge in [0, 0.05) is 11.1 Å². The summed E-state index contributed by atoms with van der Waals surface area (Å²) in [7, 11) is 0. The standard InChI is InChI=1S/C11H10N2O2/c1-6-8-4-10-9(14-5-15-10)2-7(8)3-11(12)13-6/h2-4H,5H2,1H3,(H2,12,13). The van der Waals surface area contributed by atoms with E-state index in [0.717, 1.165) is 28.0 Å². The van der Waals surface area contributed by atoms with Crippen molar-refractivity contribution in [3.8, 4) is 11.5 Å². The second kappa shape index (κ2) is 2.76. The number of aromatic nitrogens is 1. The molecule has 2 N–H and O–H groups in total. The Hall–Kier alpha value is -1.97. The number of nitrogens with zero attached hydrogens (tertiary/aromatic N) is 1. The minimum atomic E-state index is 0.285. The van der Waals surface area contributed by atoms with Crippen LogP contribution in [0.15, 0.2) is 18.2 Å². The van der Waals surface area contributed by atoms with E-state index in [1.807, 2.05) is 25.1 Å². The molecule has 3 rings (SSSR count). The first-order valence-electron chi connectivity index (χ1n) is 4.70. The monoisotopic (exact) mass is 202 g/mol. The Morgan fingerprint density at radius 3 is 2.73 bits per heavy atom. The highest BCUT2D eigenvalue weighted by molar-refractivity contribution is 5.89. The summed E-state index contributed by atoms with van der Waals surface area (Å²) in [5.41, 5.74) is 6.59. The molecule has 15 heavy (non-hydrogen) atoms. The molecule has 2 heterocycles. The molecular formula is C11H10N2O2. The van der Waals surface area contributed by atoms with Gasteiger partial charge >= 0.3 is 0 Å². The van der Waals surface area contributed by atoms with Crippen molar-refractivity contribution in [1.82, 2.24) is 4.98 Å². The smallest absolute Gasteiger partial charge is 0.231 e. The number of benzene rings is 1. The average molecular weight is 202 g/mol. The van der Waals surface area contributed by atoms with Gasteiger partial charge in [0.05, 0.1) is 0 Å². The Labute approximate surface area is 86.6 Å². The van der Waals surface area contributed by atoms with E-state index in [0.29, 0.717) is 5.82 Å². The van der Waals surface area contributed by atoms with Crippen LogP contribution in [-0.4, -0.2) is 11.8 Å². The highest BCUT2D eigenvalue weighted by Crippen LogP contribution is 2.37. The summed E-state index contributed by atoms with van der Waals surface area (Å²) < 4.78 is 10.6. The number of ether oxygens (including phenoxy) is 2. The third-order valence-electron chi connectivity index (χ3n) is 2.53. The Morgan fingerprint density at radius 2 is 1.93 bits per heavy atom. The lowest BCUT2D eigenvalue weighted by atomic mass is 10.1. The topological polar surface area (TPSA) is 57.4 Å². The van der Waals surface area contributed by atoms with Crippen LogP contribution in [0.2, 0.25) is 0 Å². The molecule has 4 heteroatoms. The quantitative estimate of drug-likeness (QED) is 0.708. The van der Waals surface area contributed by atoms with Gasteiger partial charge < -0.3 is 15.2 Å². The average Bonchev–Trinajstić information content (AvgIpc) is 2.61. The van der Waals surface area contributed by atoms with Crippen molar-refractivity contribution in [3.05, 3.63) is 23.9 Å². The number of aryl methyl sites for hydroxylation is 1. The second-order valence-electron chi connectivity index (χ2n) is 3.56. The van der Waals surface area contributed by atoms with Crippen molar-refractivity contribution in [2.45, 2.75) is 6.92 Å². The van der Waals surface area contributed by atoms with Gasteiger partial charge in [0.2, 0.25) is 6.79 Å². The van der Waals surface area contributed by atoms with Crippen molar-refractivity contribution >= 4 is 16.6 Å². The fourth-order valence-corrected chi connectivity index (χ4v) is 1.84. The van der Waals surface area contributed by atoms with Gasteiger partial charge in [-0.1, -0.05) is 0 Å². The van der Waals surface area contributed by atoms with E-state index in [9.17, 15) is 0 Å². The van der Waals surface area contributed by atoms with Crippen LogP contribution in [0.5, 0.6) is 11.5 Å². The van der Waals surface area contributed by atoms with Crippen molar-refractivity contribution in [2.75, 3.05) is 12.5 Å². The molecule has 0 saturated carbocycles. The molecule has 0 spiro atoms. The number of hydrogen-bond donors (Lipinski definition) is 1. The molecule has 0 amide bonds. The van der Waals surface area contributed by atoms with E-state index in [4.69, 9.17) is 15.2 Å². The lowest BCUT2D eigenvalue weighted by Gasteiger charge is -2.04. The molecule has 76 valence electrons. The van der Waals surface area contributed by atoms with Gasteiger partial charge in [0.15, 0.2) is 11.5 Å². The molecule has 1 aromatic heterocycles. The first kappa shape index (κ1) is 8.35. The predicted molar refractivity (Wildman–Crippen MR) is 57.0 cm³/mol. The maximum Gasteiger partial charge on any atom is 0.231 e. The fraction of sp³-hybridized carbons (Fsp3) is 0.182. The van der Waals surface area contributed by atoms with E-state index in [2.05, 4.69) is 4.98 Å². The Kier molecular flexibility index (Phi) is 1.54. The molecule has 0 atom stereocenters. The summed E-state index contributed by atoms with van der Waals surface area (Å²) in [5.74, 6) is 2.07. The van der Waals surface area contributed by atoms with Crippen molar-refractivity contribution < 1.29 is 9.47 Å². The number of nitrogen functional groups attached to an aromatic ring is 1. The van der Waals surface area contributed by atoms with Gasteiger partial charge in [-0.2, -0.15) is 0 Å². The zero-order valence-electron chi connectivity index (χ0n) is 8.28. The summed E-state index contributed by atoms with van der Waals surface area (Å²) >= 11 is 0. The van der Waals surface area contributed by atoms with E-state index in [-0.39, 0.29) is 6.79 Å². The zero-order chi connectivity index (χ0) is 10.4. The van der Waals surface area contributed by atoms with Gasteiger partial charge in [0.1, 0.15) is 5.82 Å². The normalized spacial score (nSPS) is 13.4. The molecule has 0 bridgehead atoms. The summed E-state index contributed by atoms with van der Waals surface area (Å²) in [5, 5.41) is 2.08. The number of pyridine rings is 1. The van der Waals surface area contributed by atoms with Crippen LogP contribution < -0.4 is 15.2 Å². The lowest BCUT2D eigenvalue weighted by molar-refractivity contribution is 0.174. The molecule has 1 aromatic carbocycles. The minimum absolute atomic E-state index is 0.285. The maximum absolute atomic E-state index is 5.69. The third kappa shape index (κ3) is 1.18. The van der Waals surface area contributed by atoms with Crippen LogP contribution >= 0.6 is 0 Å². The number of nitrogens with two attached hydrogens (primary N) is 1. The van der Waals surface area contributed by atoms with Gasteiger partial charge in [0.25, 0.3) is 0 Å². The molecule has 2 aromatic rings. The zero-order valence-corrected chi connectivity index (χ0v) is 8.28. The summed E-state index contributed by atoms with van der Waals surface area (Å²) in [6.45, 7) is 2.22. The molecule has 0 aliphatic carbocycles. The Bertz CT molecular complexity index is 552. The number of hydrogen-bond acceptors (Lipinski definition) is 4. The number of fused-ring (bicyclic) bond motifs is 2. The van der Waals surface area contributed by atoms with Crippen LogP contribution in [0.1, 0.15) is 5.69 Å². The van der Waals surface area contributed by atoms with Crippen LogP contribution in [0.25, 0.3) is 10.8 Å². The highest BCUT2D eigenvalue weighted by atomic mass is 16.7. The maximum atomic E-state index is 5.69. The number of rotatable bonds is 0. The fourth-order valence-electron chi connectivity index (χ4n) is 1.84. The van der Waals surface area contributed by atoms with Crippen LogP contribution in [-0.2, 0) is 0 Å². The molecule has 1 aliphatic heterocycles. The van der Waals surface area contributed by atoms with Crippen molar-refractivity contribution in [2.24, 2.45) is 0 Å². The van der Waals surface area contributed by atoms with Crippen LogP contribution in [0, 0.1) is 6.92 Å². The SMILES string of the molecule is Cc1nc(N)cc2cc3c(cc12)OCO3. The van der Waals surface area contributed by atoms with E-state index >= 15 is 0 Å². The first-order valence-corrected chi connectivity index (χ1v) is 4.70. The lowest BCUT2D eigenvalue weighted by Crippen LogP contribution is -1.93. The van der Waals surface area contributed by atoms with E-state index in [1.165, 1.54) is 0 Å². The number of anilines is 1. The molecule has 0 fully saturated rings. The predicted octanol–water partition coefficient (Wildman–Crippen LogP) is 1.85. The molecule has 1 aliphatic rings. The first-order chi connectivity index (χ1) is 7.24. The van der Waals surface area contributed by atoms with Gasteiger partial charge in [-0.25, -0.2) is 4.98 Å². The van der Waals surface area contributed by atoms with Gasteiger partial charge in [-0.15, -0.1) is 0 Å². The Morgan fingerprint density at radius 1 is 1.20 bits per heavy atom. The highest BCUT2D eigenvalue weighted by Gasteiger charge is 2.15. The molecule has 0 unspecified atom stereocenters.